The van der Waals surface area contributed by atoms with Crippen LogP contribution in [0.1, 0.15) is 12.5 Å². The molecule has 4 nitrogen and oxygen atoms in total. The predicted octanol–water partition coefficient (Wildman–Crippen LogP) is 1.80. The molecular formula is C14H16N2O2. The summed E-state index contributed by atoms with van der Waals surface area (Å²) in [4.78, 5) is 13.8. The number of carbonyl (C=O) groups excluding carboxylic acids is 1. The molecule has 0 radical (unpaired) electrons. The van der Waals surface area contributed by atoms with Crippen molar-refractivity contribution in [1.29, 1.82) is 5.26 Å². The van der Waals surface area contributed by atoms with E-state index in [4.69, 9.17) is 10.00 Å². The molecule has 1 fully saturated rings. The predicted molar refractivity (Wildman–Crippen MR) is 68.0 cm³/mol. The average molecular weight is 244 g/mol. The first-order valence-electron chi connectivity index (χ1n) is 5.98. The van der Waals surface area contributed by atoms with E-state index in [1.165, 1.54) is 7.11 Å². The maximum atomic E-state index is 11.6. The summed E-state index contributed by atoms with van der Waals surface area (Å²) in [6, 6.07) is 9.53. The van der Waals surface area contributed by atoms with E-state index in [1.807, 2.05) is 12.1 Å². The van der Waals surface area contributed by atoms with Crippen LogP contribution in [-0.4, -0.2) is 26.2 Å². The minimum absolute atomic E-state index is 0.0642. The Morgan fingerprint density at radius 1 is 1.39 bits per heavy atom. The molecule has 4 heteroatoms. The highest BCUT2D eigenvalue weighted by atomic mass is 16.5. The van der Waals surface area contributed by atoms with E-state index in [0.717, 1.165) is 12.2 Å². The Morgan fingerprint density at radius 3 is 2.61 bits per heavy atom. The van der Waals surface area contributed by atoms with Crippen LogP contribution in [0.4, 0.5) is 5.69 Å². The quantitative estimate of drug-likeness (QED) is 0.744. The van der Waals surface area contributed by atoms with Crippen LogP contribution in [0.3, 0.4) is 0 Å². The molecule has 0 saturated carbocycles. The maximum Gasteiger partial charge on any atom is 0.310 e. The van der Waals surface area contributed by atoms with Gasteiger partial charge in [-0.2, -0.15) is 5.26 Å². The summed E-state index contributed by atoms with van der Waals surface area (Å²) in [6.45, 7) is 3.58. The zero-order valence-electron chi connectivity index (χ0n) is 10.6. The van der Waals surface area contributed by atoms with Crippen molar-refractivity contribution in [2.45, 2.75) is 6.92 Å². The number of ether oxygens (including phenoxy) is 1. The highest BCUT2D eigenvalue weighted by Gasteiger charge is 2.35. The van der Waals surface area contributed by atoms with Gasteiger partial charge in [0.2, 0.25) is 0 Å². The summed E-state index contributed by atoms with van der Waals surface area (Å²) in [5.74, 6) is 0.0809. The lowest BCUT2D eigenvalue weighted by atomic mass is 9.99. The fourth-order valence-electron chi connectivity index (χ4n) is 2.38. The van der Waals surface area contributed by atoms with Crippen LogP contribution >= 0.6 is 0 Å². The van der Waals surface area contributed by atoms with E-state index in [2.05, 4.69) is 17.9 Å². The van der Waals surface area contributed by atoms with Gasteiger partial charge in [-0.3, -0.25) is 4.79 Å². The third kappa shape index (κ3) is 2.30. The second-order valence-electron chi connectivity index (χ2n) is 4.67. The number of esters is 1. The Bertz CT molecular complexity index is 476. The molecule has 0 amide bonds. The van der Waals surface area contributed by atoms with Gasteiger partial charge in [0.25, 0.3) is 0 Å². The summed E-state index contributed by atoms with van der Waals surface area (Å²) in [7, 11) is 1.43. The molecule has 1 aliphatic heterocycles. The van der Waals surface area contributed by atoms with Gasteiger partial charge in [-0.1, -0.05) is 6.92 Å². The summed E-state index contributed by atoms with van der Waals surface area (Å²) < 4.78 is 4.82. The Balaban J connectivity index is 2.12. The van der Waals surface area contributed by atoms with Crippen molar-refractivity contribution in [2.75, 3.05) is 25.1 Å². The lowest BCUT2D eigenvalue weighted by Gasteiger charge is -2.18. The Kier molecular flexibility index (Phi) is 3.52. The molecule has 0 aromatic heterocycles. The topological polar surface area (TPSA) is 53.3 Å². The van der Waals surface area contributed by atoms with Gasteiger partial charge >= 0.3 is 5.97 Å². The number of anilines is 1. The summed E-state index contributed by atoms with van der Waals surface area (Å²) in [6.07, 6.45) is 0. The number of rotatable bonds is 2. The smallest absolute Gasteiger partial charge is 0.310 e. The number of nitriles is 1. The van der Waals surface area contributed by atoms with Gasteiger partial charge in [0.05, 0.1) is 24.7 Å². The lowest BCUT2D eigenvalue weighted by Crippen LogP contribution is -2.24. The zero-order valence-corrected chi connectivity index (χ0v) is 10.6. The van der Waals surface area contributed by atoms with E-state index >= 15 is 0 Å². The number of carbonyl (C=O) groups is 1. The van der Waals surface area contributed by atoms with Gasteiger partial charge in [0.1, 0.15) is 0 Å². The average Bonchev–Trinajstić information content (AvgIpc) is 2.80. The Labute approximate surface area is 107 Å². The first-order chi connectivity index (χ1) is 8.65. The van der Waals surface area contributed by atoms with Crippen LogP contribution in [-0.2, 0) is 9.53 Å². The second kappa shape index (κ2) is 5.09. The van der Waals surface area contributed by atoms with Crippen LogP contribution in [0, 0.1) is 23.2 Å². The molecule has 0 aliphatic carbocycles. The third-order valence-corrected chi connectivity index (χ3v) is 3.48. The van der Waals surface area contributed by atoms with Crippen LogP contribution in [0.25, 0.3) is 0 Å². The minimum atomic E-state index is -0.140. The number of benzene rings is 1. The van der Waals surface area contributed by atoms with E-state index in [-0.39, 0.29) is 17.8 Å². The van der Waals surface area contributed by atoms with Gasteiger partial charge < -0.3 is 9.64 Å². The molecule has 2 unspecified atom stereocenters. The second-order valence-corrected chi connectivity index (χ2v) is 4.67. The maximum absolute atomic E-state index is 11.6. The molecule has 18 heavy (non-hydrogen) atoms. The molecule has 2 rings (SSSR count). The number of hydrogen-bond donors (Lipinski definition) is 0. The van der Waals surface area contributed by atoms with Crippen molar-refractivity contribution in [3.63, 3.8) is 0 Å². The molecule has 1 saturated heterocycles. The molecule has 0 N–H and O–H groups in total. The number of hydrogen-bond acceptors (Lipinski definition) is 4. The van der Waals surface area contributed by atoms with E-state index < -0.39 is 0 Å². The molecule has 94 valence electrons. The van der Waals surface area contributed by atoms with Crippen molar-refractivity contribution in [2.24, 2.45) is 11.8 Å². The molecule has 0 bridgehead atoms. The molecule has 0 spiro atoms. The van der Waals surface area contributed by atoms with Gasteiger partial charge in [-0.25, -0.2) is 0 Å². The van der Waals surface area contributed by atoms with Gasteiger partial charge in [-0.15, -0.1) is 0 Å². The normalized spacial score (nSPS) is 22.6. The van der Waals surface area contributed by atoms with Crippen LogP contribution in [0.5, 0.6) is 0 Å². The first-order valence-corrected chi connectivity index (χ1v) is 5.98. The van der Waals surface area contributed by atoms with Crippen LogP contribution < -0.4 is 4.90 Å². The third-order valence-electron chi connectivity index (χ3n) is 3.48. The fraction of sp³-hybridized carbons (Fsp3) is 0.429. The number of methoxy groups -OCH3 is 1. The summed E-state index contributed by atoms with van der Waals surface area (Å²) >= 11 is 0. The molecule has 1 heterocycles. The molecular weight excluding hydrogens is 228 g/mol. The SMILES string of the molecule is COC(=O)C1CN(c2ccc(C#N)cc2)CC1C. The highest BCUT2D eigenvalue weighted by molar-refractivity contribution is 5.74. The Morgan fingerprint density at radius 2 is 2.06 bits per heavy atom. The Hall–Kier alpha value is -2.02. The lowest BCUT2D eigenvalue weighted by molar-refractivity contribution is -0.145. The highest BCUT2D eigenvalue weighted by Crippen LogP contribution is 2.28. The zero-order chi connectivity index (χ0) is 13.1. The van der Waals surface area contributed by atoms with Gasteiger partial charge in [-0.05, 0) is 30.2 Å². The van der Waals surface area contributed by atoms with Crippen molar-refractivity contribution in [3.8, 4) is 6.07 Å². The molecule has 1 aromatic carbocycles. The monoisotopic (exact) mass is 244 g/mol. The first kappa shape index (κ1) is 12.4. The van der Waals surface area contributed by atoms with Gasteiger partial charge in [0.15, 0.2) is 0 Å². The minimum Gasteiger partial charge on any atom is -0.469 e. The fourth-order valence-corrected chi connectivity index (χ4v) is 2.38. The van der Waals surface area contributed by atoms with E-state index in [9.17, 15) is 4.79 Å². The van der Waals surface area contributed by atoms with E-state index in [0.29, 0.717) is 12.1 Å². The van der Waals surface area contributed by atoms with Crippen LogP contribution in [0.2, 0.25) is 0 Å². The largest absolute Gasteiger partial charge is 0.469 e. The molecule has 1 aliphatic rings. The summed E-state index contributed by atoms with van der Waals surface area (Å²) in [5, 5.41) is 8.76. The van der Waals surface area contributed by atoms with Crippen molar-refractivity contribution >= 4 is 11.7 Å². The van der Waals surface area contributed by atoms with Crippen LogP contribution in [0.15, 0.2) is 24.3 Å². The number of nitrogens with zero attached hydrogens (tertiary/aromatic N) is 2. The molecule has 2 atom stereocenters. The van der Waals surface area contributed by atoms with E-state index in [1.54, 1.807) is 12.1 Å². The van der Waals surface area contributed by atoms with Crippen molar-refractivity contribution in [3.05, 3.63) is 29.8 Å². The molecule has 1 aromatic rings. The summed E-state index contributed by atoms with van der Waals surface area (Å²) in [5.41, 5.74) is 1.70. The van der Waals surface area contributed by atoms with Crippen molar-refractivity contribution < 1.29 is 9.53 Å². The van der Waals surface area contributed by atoms with Gasteiger partial charge in [0, 0.05) is 18.8 Å². The van der Waals surface area contributed by atoms with Crippen molar-refractivity contribution in [1.82, 2.24) is 0 Å². The standard InChI is InChI=1S/C14H16N2O2/c1-10-8-16(9-13(10)14(17)18-2)12-5-3-11(7-15)4-6-12/h3-6,10,13H,8-9H2,1-2H3.